The van der Waals surface area contributed by atoms with E-state index in [4.69, 9.17) is 14.1 Å². The fourth-order valence-corrected chi connectivity index (χ4v) is 7.83. The summed E-state index contributed by atoms with van der Waals surface area (Å²) in [5.74, 6) is 0.357. The molecule has 18 nitrogen and oxygen atoms in total. The maximum atomic E-state index is 13.4. The van der Waals surface area contributed by atoms with Crippen molar-refractivity contribution < 1.29 is 38.2 Å². The van der Waals surface area contributed by atoms with Crippen LogP contribution in [0, 0.1) is 0 Å². The Hall–Kier alpha value is -6.82. The van der Waals surface area contributed by atoms with Gasteiger partial charge in [0.15, 0.2) is 17.3 Å². The van der Waals surface area contributed by atoms with Gasteiger partial charge in [-0.1, -0.05) is 39.0 Å². The number of nitrogens with one attached hydrogen (secondary N) is 4. The van der Waals surface area contributed by atoms with Crippen LogP contribution in [-0.2, 0) is 22.7 Å². The molecule has 18 heteroatoms. The number of amides is 6. The van der Waals surface area contributed by atoms with Gasteiger partial charge in [0, 0.05) is 49.3 Å². The van der Waals surface area contributed by atoms with E-state index in [0.717, 1.165) is 33.9 Å². The van der Waals surface area contributed by atoms with E-state index in [1.807, 2.05) is 43.5 Å². The Morgan fingerprint density at radius 3 is 2.54 bits per heavy atom. The van der Waals surface area contributed by atoms with Gasteiger partial charge in [0.05, 0.1) is 36.2 Å². The van der Waals surface area contributed by atoms with Gasteiger partial charge >= 0.3 is 6.03 Å². The van der Waals surface area contributed by atoms with Crippen LogP contribution in [0.5, 0.6) is 5.75 Å². The molecule has 5 N–H and O–H groups in total. The number of aromatic nitrogens is 4. The molecule has 0 saturated carbocycles. The first-order valence-corrected chi connectivity index (χ1v) is 20.6. The quantitative estimate of drug-likeness (QED) is 0.0928. The molecule has 3 aliphatic rings. The molecule has 6 amide bonds. The van der Waals surface area contributed by atoms with Crippen molar-refractivity contribution in [2.75, 3.05) is 35.6 Å². The van der Waals surface area contributed by atoms with Crippen molar-refractivity contribution in [2.24, 2.45) is 0 Å². The van der Waals surface area contributed by atoms with E-state index in [-0.39, 0.29) is 66.8 Å². The minimum atomic E-state index is -1.08. The number of fused-ring (bicyclic) bond motifs is 2. The summed E-state index contributed by atoms with van der Waals surface area (Å²) in [7, 11) is 0. The first-order valence-electron chi connectivity index (χ1n) is 20.6. The minimum absolute atomic E-state index is 0.000780. The van der Waals surface area contributed by atoms with E-state index in [1.54, 1.807) is 27.7 Å². The molecule has 0 aliphatic carbocycles. The lowest BCUT2D eigenvalue weighted by Gasteiger charge is -2.30. The molecular weight excluding hydrogens is 785 g/mol. The number of carbonyl (C=O) groups excluding carboxylic acids is 5. The number of aliphatic hydroxyl groups excluding tert-OH is 1. The second kappa shape index (κ2) is 17.4. The van der Waals surface area contributed by atoms with E-state index in [0.29, 0.717) is 55.6 Å². The van der Waals surface area contributed by atoms with Gasteiger partial charge in [-0.05, 0) is 61.4 Å². The molecule has 3 aliphatic heterocycles. The van der Waals surface area contributed by atoms with Crippen molar-refractivity contribution in [1.82, 2.24) is 34.7 Å². The van der Waals surface area contributed by atoms with Crippen LogP contribution in [0.2, 0.25) is 0 Å². The number of hydrogen-bond donors (Lipinski definition) is 5. The van der Waals surface area contributed by atoms with Crippen LogP contribution in [0.3, 0.4) is 0 Å². The maximum absolute atomic E-state index is 13.4. The highest BCUT2D eigenvalue weighted by atomic mass is 16.5. The van der Waals surface area contributed by atoms with Gasteiger partial charge in [-0.15, -0.1) is 0 Å². The second-order valence-corrected chi connectivity index (χ2v) is 15.8. The van der Waals surface area contributed by atoms with Crippen LogP contribution >= 0.6 is 0 Å². The average Bonchev–Trinajstić information content (AvgIpc) is 3.99. The van der Waals surface area contributed by atoms with Crippen molar-refractivity contribution in [2.45, 2.75) is 89.9 Å². The number of nitrogens with zero attached hydrogens (tertiary/aromatic N) is 6. The van der Waals surface area contributed by atoms with E-state index >= 15 is 0 Å². The van der Waals surface area contributed by atoms with Crippen molar-refractivity contribution in [3.05, 3.63) is 94.8 Å². The molecule has 0 radical (unpaired) electrons. The zero-order valence-corrected chi connectivity index (χ0v) is 34.1. The molecule has 318 valence electrons. The Kier molecular flexibility index (Phi) is 11.7. The van der Waals surface area contributed by atoms with Crippen LogP contribution in [-0.4, -0.2) is 95.9 Å². The molecule has 6 heterocycles. The van der Waals surface area contributed by atoms with Gasteiger partial charge < -0.3 is 35.1 Å². The predicted octanol–water partition coefficient (Wildman–Crippen LogP) is 5.03. The zero-order valence-electron chi connectivity index (χ0n) is 34.1. The second-order valence-electron chi connectivity index (χ2n) is 15.8. The summed E-state index contributed by atoms with van der Waals surface area (Å²) < 4.78 is 13.8. The Morgan fingerprint density at radius 2 is 1.82 bits per heavy atom. The lowest BCUT2D eigenvalue weighted by Crippen LogP contribution is -2.54. The van der Waals surface area contributed by atoms with Crippen LogP contribution in [0.4, 0.5) is 22.1 Å². The van der Waals surface area contributed by atoms with Gasteiger partial charge in [-0.3, -0.25) is 29.4 Å². The summed E-state index contributed by atoms with van der Waals surface area (Å²) >= 11 is 0. The maximum Gasteiger partial charge on any atom is 0.321 e. The third kappa shape index (κ3) is 8.48. The third-order valence-corrected chi connectivity index (χ3v) is 11.4. The van der Waals surface area contributed by atoms with Crippen LogP contribution < -0.4 is 26.0 Å². The zero-order chi connectivity index (χ0) is 42.8. The molecule has 5 aromatic rings. The van der Waals surface area contributed by atoms with Gasteiger partial charge in [0.25, 0.3) is 11.8 Å². The fourth-order valence-electron chi connectivity index (χ4n) is 7.83. The molecule has 61 heavy (non-hydrogen) atoms. The summed E-state index contributed by atoms with van der Waals surface area (Å²) in [6, 6.07) is 12.8. The number of piperidine rings is 2. The lowest BCUT2D eigenvalue weighted by atomic mass is 9.97. The first kappa shape index (κ1) is 40.9. The highest BCUT2D eigenvalue weighted by Crippen LogP contribution is 2.35. The molecule has 3 aromatic heterocycles. The SMILES string of the molecule is CC[C@@H](CO)Nc1cc(NCc2ccc(NC(=O)N3CCC(c4ncc(COc5cccc6c5C(=O)N(C5CCC(=O)NC5=O)C6=O)o4)CC3)cc2)n2ncc(C(C)C)c2n1. The van der Waals surface area contributed by atoms with E-state index in [9.17, 15) is 29.1 Å². The Bertz CT molecular complexity index is 2470. The summed E-state index contributed by atoms with van der Waals surface area (Å²) in [6.45, 7) is 7.66. The normalized spacial score (nSPS) is 17.5. The molecule has 1 unspecified atom stereocenters. The Labute approximate surface area is 351 Å². The number of aliphatic hydroxyl groups is 1. The van der Waals surface area contributed by atoms with Crippen molar-refractivity contribution in [3.63, 3.8) is 0 Å². The number of benzene rings is 2. The third-order valence-electron chi connectivity index (χ3n) is 11.4. The van der Waals surface area contributed by atoms with Crippen LogP contribution in [0.1, 0.15) is 108 Å². The number of rotatable bonds is 14. The smallest absolute Gasteiger partial charge is 0.321 e. The average molecular weight is 833 g/mol. The van der Waals surface area contributed by atoms with Gasteiger partial charge in [0.2, 0.25) is 11.8 Å². The lowest BCUT2D eigenvalue weighted by molar-refractivity contribution is -0.136. The molecule has 2 aromatic carbocycles. The number of likely N-dealkylation sites (tertiary alicyclic amines) is 1. The van der Waals surface area contributed by atoms with E-state index < -0.39 is 29.7 Å². The van der Waals surface area contributed by atoms with Gasteiger partial charge in [0.1, 0.15) is 30.0 Å². The first-order chi connectivity index (χ1) is 29.5. The van der Waals surface area contributed by atoms with E-state index in [2.05, 4.69) is 45.2 Å². The topological polar surface area (TPSA) is 226 Å². The van der Waals surface area contributed by atoms with Crippen molar-refractivity contribution in [1.29, 1.82) is 0 Å². The summed E-state index contributed by atoms with van der Waals surface area (Å²) in [6.07, 6.45) is 5.52. The largest absolute Gasteiger partial charge is 0.485 e. The van der Waals surface area contributed by atoms with Crippen LogP contribution in [0.15, 0.2) is 65.3 Å². The number of anilines is 3. The summed E-state index contributed by atoms with van der Waals surface area (Å²) in [5, 5.41) is 26.3. The number of urea groups is 1. The number of carbonyl (C=O) groups is 5. The van der Waals surface area contributed by atoms with Crippen molar-refractivity contribution in [3.8, 4) is 5.75 Å². The number of oxazole rings is 1. The molecule has 8 rings (SSSR count). The van der Waals surface area contributed by atoms with Gasteiger partial charge in [-0.25, -0.2) is 14.8 Å². The van der Waals surface area contributed by atoms with E-state index in [1.165, 1.54) is 6.07 Å². The fraction of sp³-hybridized carbons (Fsp3) is 0.395. The number of ether oxygens (including phenoxy) is 1. The molecule has 2 saturated heterocycles. The summed E-state index contributed by atoms with van der Waals surface area (Å²) in [4.78, 5) is 75.9. The monoisotopic (exact) mass is 832 g/mol. The standard InChI is InChI=1S/C43H48N10O8/c1-4-27(22-54)47-34-18-35(53-38(49-34)31(21-46-53)24(2)3)44-19-25-8-10-28(11-9-25)48-43(59)51-16-14-26(15-17-51)40-45-20-29(61-40)23-60-33-7-5-6-30-37(33)42(58)52(41(30)57)32-12-13-36(55)50-39(32)56/h5-11,18,20-21,24,26-27,32,44,54H,4,12-17,19,22-23H2,1-3H3,(H,47,49)(H,48,59)(H,50,55,56)/t27-,32?/m0/s1. The molecule has 2 atom stereocenters. The predicted molar refractivity (Wildman–Crippen MR) is 222 cm³/mol. The van der Waals surface area contributed by atoms with Gasteiger partial charge in [-0.2, -0.15) is 9.61 Å². The van der Waals surface area contributed by atoms with Crippen molar-refractivity contribution >= 4 is 52.6 Å². The molecular formula is C43H48N10O8. The highest BCUT2D eigenvalue weighted by molar-refractivity contribution is 6.24. The Balaban J connectivity index is 0.822. The molecule has 0 bridgehead atoms. The highest BCUT2D eigenvalue weighted by Gasteiger charge is 2.46. The molecule has 2 fully saturated rings. The minimum Gasteiger partial charge on any atom is -0.485 e. The number of hydrogen-bond acceptors (Lipinski definition) is 13. The number of imide groups is 2. The van der Waals surface area contributed by atoms with Crippen LogP contribution in [0.25, 0.3) is 5.65 Å². The Morgan fingerprint density at radius 1 is 1.03 bits per heavy atom. The molecule has 0 spiro atoms. The summed E-state index contributed by atoms with van der Waals surface area (Å²) in [5.41, 5.74) is 3.63.